The van der Waals surface area contributed by atoms with Gasteiger partial charge in [-0.1, -0.05) is 52.1 Å². The Hall–Kier alpha value is -2.12. The van der Waals surface area contributed by atoms with Crippen LogP contribution in [0.1, 0.15) is 27.8 Å². The number of hydrogen-bond acceptors (Lipinski definition) is 4. The zero-order valence-electron chi connectivity index (χ0n) is 14.2. The van der Waals surface area contributed by atoms with Crippen LogP contribution in [-0.4, -0.2) is 32.6 Å². The van der Waals surface area contributed by atoms with E-state index in [4.69, 9.17) is 34.8 Å². The standard InChI is InChI=1S/C18H15Cl3N4O2/c1-10-17(23-24-25(10)15-5-3-2-4-14(15)21)18(27)22-9-16(26)11-6-12(19)8-13(20)7-11/h2-8,16,26H,9H2,1H3,(H,22,27). The van der Waals surface area contributed by atoms with E-state index in [0.29, 0.717) is 32.0 Å². The molecule has 1 atom stereocenters. The first-order valence-corrected chi connectivity index (χ1v) is 9.09. The summed E-state index contributed by atoms with van der Waals surface area (Å²) in [5.74, 6) is -0.460. The van der Waals surface area contributed by atoms with E-state index in [1.54, 1.807) is 43.3 Å². The molecule has 1 unspecified atom stereocenters. The lowest BCUT2D eigenvalue weighted by atomic mass is 10.1. The maximum atomic E-state index is 12.4. The quantitative estimate of drug-likeness (QED) is 0.647. The zero-order chi connectivity index (χ0) is 19.6. The monoisotopic (exact) mass is 424 g/mol. The second-order valence-electron chi connectivity index (χ2n) is 5.82. The van der Waals surface area contributed by atoms with Crippen LogP contribution in [0.15, 0.2) is 42.5 Å². The van der Waals surface area contributed by atoms with E-state index in [2.05, 4.69) is 15.6 Å². The van der Waals surface area contributed by atoms with Crippen LogP contribution in [-0.2, 0) is 0 Å². The Bertz CT molecular complexity index is 970. The molecule has 1 amide bonds. The third-order valence-corrected chi connectivity index (χ3v) is 4.67. The maximum absolute atomic E-state index is 12.4. The van der Waals surface area contributed by atoms with E-state index < -0.39 is 12.0 Å². The maximum Gasteiger partial charge on any atom is 0.273 e. The van der Waals surface area contributed by atoms with Gasteiger partial charge in [0.25, 0.3) is 5.91 Å². The lowest BCUT2D eigenvalue weighted by molar-refractivity contribution is 0.0910. The minimum Gasteiger partial charge on any atom is -0.387 e. The zero-order valence-corrected chi connectivity index (χ0v) is 16.4. The third-order valence-electron chi connectivity index (χ3n) is 3.92. The van der Waals surface area contributed by atoms with Crippen LogP contribution < -0.4 is 5.32 Å². The number of aliphatic hydroxyl groups is 1. The van der Waals surface area contributed by atoms with E-state index in [1.807, 2.05) is 6.07 Å². The molecule has 3 aromatic rings. The fourth-order valence-corrected chi connectivity index (χ4v) is 3.31. The highest BCUT2D eigenvalue weighted by molar-refractivity contribution is 6.34. The summed E-state index contributed by atoms with van der Waals surface area (Å²) in [6.07, 6.45) is -0.968. The molecule has 0 aliphatic heterocycles. The van der Waals surface area contributed by atoms with Crippen molar-refractivity contribution in [3.05, 3.63) is 74.5 Å². The summed E-state index contributed by atoms with van der Waals surface area (Å²) < 4.78 is 1.49. The molecule has 0 saturated heterocycles. The van der Waals surface area contributed by atoms with Crippen molar-refractivity contribution in [3.63, 3.8) is 0 Å². The van der Waals surface area contributed by atoms with Gasteiger partial charge in [0.2, 0.25) is 0 Å². The molecule has 0 fully saturated rings. The average Bonchev–Trinajstić information content (AvgIpc) is 3.00. The molecule has 1 aromatic heterocycles. The number of carbonyl (C=O) groups is 1. The van der Waals surface area contributed by atoms with Crippen molar-refractivity contribution in [2.24, 2.45) is 0 Å². The molecule has 0 saturated carbocycles. The van der Waals surface area contributed by atoms with Crippen LogP contribution in [0.25, 0.3) is 5.69 Å². The van der Waals surface area contributed by atoms with Crippen molar-refractivity contribution in [2.45, 2.75) is 13.0 Å². The van der Waals surface area contributed by atoms with Crippen molar-refractivity contribution in [1.29, 1.82) is 0 Å². The number of amides is 1. The fraction of sp³-hybridized carbons (Fsp3) is 0.167. The molecule has 3 rings (SSSR count). The van der Waals surface area contributed by atoms with E-state index >= 15 is 0 Å². The third kappa shape index (κ3) is 4.42. The molecular weight excluding hydrogens is 411 g/mol. The highest BCUT2D eigenvalue weighted by atomic mass is 35.5. The number of rotatable bonds is 5. The second-order valence-corrected chi connectivity index (χ2v) is 7.10. The first-order chi connectivity index (χ1) is 12.9. The van der Waals surface area contributed by atoms with E-state index in [1.165, 1.54) is 4.68 Å². The largest absolute Gasteiger partial charge is 0.387 e. The Kier molecular flexibility index (Phi) is 6.01. The summed E-state index contributed by atoms with van der Waals surface area (Å²) in [5, 5.41) is 22.1. The highest BCUT2D eigenvalue weighted by Gasteiger charge is 2.19. The number of aromatic nitrogens is 3. The normalized spacial score (nSPS) is 12.0. The molecule has 6 nitrogen and oxygen atoms in total. The topological polar surface area (TPSA) is 80.0 Å². The van der Waals surface area contributed by atoms with Gasteiger partial charge in [0, 0.05) is 16.6 Å². The summed E-state index contributed by atoms with van der Waals surface area (Å²) in [7, 11) is 0. The van der Waals surface area contributed by atoms with Gasteiger partial charge in [-0.3, -0.25) is 4.79 Å². The van der Waals surface area contributed by atoms with Crippen molar-refractivity contribution in [1.82, 2.24) is 20.3 Å². The number of para-hydroxylation sites is 1. The Balaban J connectivity index is 1.73. The average molecular weight is 426 g/mol. The van der Waals surface area contributed by atoms with E-state index in [9.17, 15) is 9.90 Å². The number of hydrogen-bond donors (Lipinski definition) is 2. The van der Waals surface area contributed by atoms with Gasteiger partial charge in [-0.2, -0.15) is 0 Å². The molecule has 2 aromatic carbocycles. The molecule has 2 N–H and O–H groups in total. The molecule has 27 heavy (non-hydrogen) atoms. The molecule has 0 aliphatic carbocycles. The number of carbonyl (C=O) groups excluding carboxylic acids is 1. The molecular formula is C18H15Cl3N4O2. The van der Waals surface area contributed by atoms with Gasteiger partial charge in [-0.15, -0.1) is 5.10 Å². The molecule has 0 spiro atoms. The Morgan fingerprint density at radius 3 is 2.52 bits per heavy atom. The predicted octanol–water partition coefficient (Wildman–Crippen LogP) is 4.00. The van der Waals surface area contributed by atoms with Crippen molar-refractivity contribution >= 4 is 40.7 Å². The number of aliphatic hydroxyl groups excluding tert-OH is 1. The number of nitrogens with zero attached hydrogens (tertiary/aromatic N) is 3. The van der Waals surface area contributed by atoms with Crippen LogP contribution in [0, 0.1) is 6.92 Å². The van der Waals surface area contributed by atoms with E-state index in [0.717, 1.165) is 0 Å². The molecule has 0 bridgehead atoms. The lowest BCUT2D eigenvalue weighted by Gasteiger charge is -2.13. The minimum atomic E-state index is -0.968. The fourth-order valence-electron chi connectivity index (χ4n) is 2.55. The molecule has 9 heteroatoms. The van der Waals surface area contributed by atoms with Gasteiger partial charge >= 0.3 is 0 Å². The summed E-state index contributed by atoms with van der Waals surface area (Å²) >= 11 is 18.0. The second kappa shape index (κ2) is 8.27. The van der Waals surface area contributed by atoms with E-state index in [-0.39, 0.29) is 12.2 Å². The van der Waals surface area contributed by atoms with Crippen molar-refractivity contribution < 1.29 is 9.90 Å². The van der Waals surface area contributed by atoms with Gasteiger partial charge in [-0.25, -0.2) is 4.68 Å². The summed E-state index contributed by atoms with van der Waals surface area (Å²) in [4.78, 5) is 12.4. The van der Waals surface area contributed by atoms with Crippen LogP contribution >= 0.6 is 34.8 Å². The molecule has 1 heterocycles. The minimum absolute atomic E-state index is 0.0338. The first-order valence-electron chi connectivity index (χ1n) is 7.96. The Labute approximate surface area is 170 Å². The van der Waals surface area contributed by atoms with Crippen LogP contribution in [0.2, 0.25) is 15.1 Å². The summed E-state index contributed by atoms with van der Waals surface area (Å²) in [5.41, 5.74) is 1.80. The molecule has 0 aliphatic rings. The highest BCUT2D eigenvalue weighted by Crippen LogP contribution is 2.24. The van der Waals surface area contributed by atoms with Gasteiger partial charge < -0.3 is 10.4 Å². The SMILES string of the molecule is Cc1c(C(=O)NCC(O)c2cc(Cl)cc(Cl)c2)nnn1-c1ccccc1Cl. The van der Waals surface area contributed by atoms with Crippen LogP contribution in [0.3, 0.4) is 0 Å². The van der Waals surface area contributed by atoms with Crippen molar-refractivity contribution in [2.75, 3.05) is 6.54 Å². The number of benzene rings is 2. The van der Waals surface area contributed by atoms with Crippen LogP contribution in [0.4, 0.5) is 0 Å². The summed E-state index contributed by atoms with van der Waals surface area (Å²) in [6, 6.07) is 11.9. The smallest absolute Gasteiger partial charge is 0.273 e. The van der Waals surface area contributed by atoms with Gasteiger partial charge in [-0.05, 0) is 42.8 Å². The predicted molar refractivity (Wildman–Crippen MR) is 105 cm³/mol. The Morgan fingerprint density at radius 2 is 1.85 bits per heavy atom. The van der Waals surface area contributed by atoms with Gasteiger partial charge in [0.1, 0.15) is 0 Å². The number of nitrogens with one attached hydrogen (secondary N) is 1. The lowest BCUT2D eigenvalue weighted by Crippen LogP contribution is -2.29. The van der Waals surface area contributed by atoms with Crippen molar-refractivity contribution in [3.8, 4) is 5.69 Å². The molecule has 140 valence electrons. The van der Waals surface area contributed by atoms with Gasteiger partial charge in [0.15, 0.2) is 5.69 Å². The number of halogens is 3. The van der Waals surface area contributed by atoms with Gasteiger partial charge in [0.05, 0.1) is 22.5 Å². The summed E-state index contributed by atoms with van der Waals surface area (Å²) in [6.45, 7) is 1.68. The molecule has 0 radical (unpaired) electrons. The first kappa shape index (κ1) is 19.6. The Morgan fingerprint density at radius 1 is 1.19 bits per heavy atom. The van der Waals surface area contributed by atoms with Crippen LogP contribution in [0.5, 0.6) is 0 Å².